The Hall–Kier alpha value is -4.07. The molecule has 2 aromatic heterocycles. The molecule has 0 bridgehead atoms. The van der Waals surface area contributed by atoms with E-state index in [1.54, 1.807) is 0 Å². The van der Waals surface area contributed by atoms with Gasteiger partial charge in [0.1, 0.15) is 12.4 Å². The molecule has 1 amide bonds. The lowest BCUT2D eigenvalue weighted by atomic mass is 10.2. The van der Waals surface area contributed by atoms with Crippen molar-refractivity contribution < 1.29 is 9.53 Å². The topological polar surface area (TPSA) is 93.8 Å². The van der Waals surface area contributed by atoms with Gasteiger partial charge in [0.2, 0.25) is 5.82 Å². The number of hydrogen-bond acceptors (Lipinski definition) is 6. The van der Waals surface area contributed by atoms with Crippen LogP contribution in [0.4, 0.5) is 0 Å². The number of para-hydroxylation sites is 1. The van der Waals surface area contributed by atoms with Crippen molar-refractivity contribution in [1.82, 2.24) is 25.0 Å². The minimum Gasteiger partial charge on any atom is -0.488 e. The van der Waals surface area contributed by atoms with E-state index in [1.165, 1.54) is 10.7 Å². The van der Waals surface area contributed by atoms with Crippen molar-refractivity contribution in [2.24, 2.45) is 5.10 Å². The van der Waals surface area contributed by atoms with E-state index in [0.29, 0.717) is 18.1 Å². The molecule has 8 heteroatoms. The van der Waals surface area contributed by atoms with Gasteiger partial charge in [0, 0.05) is 17.0 Å². The molecule has 0 atom stereocenters. The van der Waals surface area contributed by atoms with Crippen molar-refractivity contribution in [1.29, 1.82) is 0 Å². The number of hydrazone groups is 1. The minimum atomic E-state index is -0.517. The number of rotatable bonds is 6. The second-order valence-corrected chi connectivity index (χ2v) is 6.70. The van der Waals surface area contributed by atoms with E-state index in [1.807, 2.05) is 74.5 Å². The van der Waals surface area contributed by atoms with Crippen LogP contribution in [0, 0.1) is 13.8 Å². The number of amides is 1. The molecule has 0 aliphatic rings. The fourth-order valence-electron chi connectivity index (χ4n) is 2.93. The predicted molar refractivity (Wildman–Crippen MR) is 113 cm³/mol. The lowest BCUT2D eigenvalue weighted by molar-refractivity contribution is 0.0945. The van der Waals surface area contributed by atoms with Gasteiger partial charge in [0.25, 0.3) is 5.78 Å². The Bertz CT molecular complexity index is 1220. The fraction of sp³-hybridized carbons (Fsp3) is 0.136. The molecular formula is C22H20N6O2. The second-order valence-electron chi connectivity index (χ2n) is 6.70. The summed E-state index contributed by atoms with van der Waals surface area (Å²) < 4.78 is 7.42. The van der Waals surface area contributed by atoms with Crippen molar-refractivity contribution in [2.75, 3.05) is 0 Å². The van der Waals surface area contributed by atoms with Crippen molar-refractivity contribution in [3.63, 3.8) is 0 Å². The number of carbonyl (C=O) groups excluding carboxylic acids is 1. The summed E-state index contributed by atoms with van der Waals surface area (Å²) in [6, 6.07) is 19.2. The number of ether oxygens (including phenoxy) is 1. The van der Waals surface area contributed by atoms with E-state index in [4.69, 9.17) is 4.74 Å². The highest BCUT2D eigenvalue weighted by Gasteiger charge is 2.14. The highest BCUT2D eigenvalue weighted by Crippen LogP contribution is 2.17. The number of benzene rings is 2. The normalized spacial score (nSPS) is 11.1. The van der Waals surface area contributed by atoms with Crippen LogP contribution < -0.4 is 10.2 Å². The van der Waals surface area contributed by atoms with E-state index in [9.17, 15) is 4.79 Å². The van der Waals surface area contributed by atoms with Gasteiger partial charge < -0.3 is 4.74 Å². The van der Waals surface area contributed by atoms with Gasteiger partial charge in [-0.25, -0.2) is 14.9 Å². The molecule has 0 aliphatic carbocycles. The summed E-state index contributed by atoms with van der Waals surface area (Å²) in [4.78, 5) is 20.8. The molecule has 0 unspecified atom stereocenters. The molecule has 0 saturated heterocycles. The number of hydrogen-bond donors (Lipinski definition) is 1. The molecule has 0 aliphatic heterocycles. The number of carbonyl (C=O) groups is 1. The van der Waals surface area contributed by atoms with Gasteiger partial charge in [-0.1, -0.05) is 42.5 Å². The van der Waals surface area contributed by atoms with Gasteiger partial charge in [0.15, 0.2) is 0 Å². The summed E-state index contributed by atoms with van der Waals surface area (Å²) in [6.45, 7) is 4.18. The van der Waals surface area contributed by atoms with E-state index >= 15 is 0 Å². The van der Waals surface area contributed by atoms with Gasteiger partial charge in [-0.05, 0) is 37.6 Å². The molecule has 2 heterocycles. The number of nitrogens with one attached hydrogen (secondary N) is 1. The Morgan fingerprint density at radius 1 is 1.10 bits per heavy atom. The van der Waals surface area contributed by atoms with Crippen molar-refractivity contribution >= 4 is 17.9 Å². The average Bonchev–Trinajstić information content (AvgIpc) is 3.18. The SMILES string of the molecule is Cc1cc(C)n2nc(C(=O)N/N=C/c3ccccc3OCc3ccccc3)nc2n1. The third-order valence-electron chi connectivity index (χ3n) is 4.35. The molecule has 4 rings (SSSR count). The maximum atomic E-state index is 12.4. The van der Waals surface area contributed by atoms with Gasteiger partial charge >= 0.3 is 5.91 Å². The maximum Gasteiger partial charge on any atom is 0.311 e. The molecular weight excluding hydrogens is 380 g/mol. The lowest BCUT2D eigenvalue weighted by Gasteiger charge is -2.08. The summed E-state index contributed by atoms with van der Waals surface area (Å²) in [5.74, 6) is 0.528. The smallest absolute Gasteiger partial charge is 0.311 e. The van der Waals surface area contributed by atoms with Crippen LogP contribution in [0.2, 0.25) is 0 Å². The standard InChI is InChI=1S/C22H20N6O2/c1-15-12-16(2)28-22(24-15)25-20(27-28)21(29)26-23-13-18-10-6-7-11-19(18)30-14-17-8-4-3-5-9-17/h3-13H,14H2,1-2H3,(H,26,29)/b23-13+. The Morgan fingerprint density at radius 3 is 2.70 bits per heavy atom. The summed E-state index contributed by atoms with van der Waals surface area (Å²) in [7, 11) is 0. The number of aryl methyl sites for hydroxylation is 2. The van der Waals surface area contributed by atoms with E-state index in [2.05, 4.69) is 25.6 Å². The average molecular weight is 400 g/mol. The van der Waals surface area contributed by atoms with Crippen molar-refractivity contribution in [3.8, 4) is 5.75 Å². The summed E-state index contributed by atoms with van der Waals surface area (Å²) in [5.41, 5.74) is 5.91. The van der Waals surface area contributed by atoms with Crippen LogP contribution in [0.3, 0.4) is 0 Å². The monoisotopic (exact) mass is 400 g/mol. The third-order valence-corrected chi connectivity index (χ3v) is 4.35. The van der Waals surface area contributed by atoms with E-state index in [-0.39, 0.29) is 5.82 Å². The molecule has 2 aromatic carbocycles. The minimum absolute atomic E-state index is 0.00182. The summed E-state index contributed by atoms with van der Waals surface area (Å²) in [6.07, 6.45) is 1.53. The van der Waals surface area contributed by atoms with Crippen LogP contribution in [0.15, 0.2) is 65.8 Å². The Morgan fingerprint density at radius 2 is 1.87 bits per heavy atom. The quantitative estimate of drug-likeness (QED) is 0.397. The first-order valence-corrected chi connectivity index (χ1v) is 9.40. The van der Waals surface area contributed by atoms with Crippen LogP contribution in [0.1, 0.15) is 33.1 Å². The van der Waals surface area contributed by atoms with Crippen LogP contribution in [0.5, 0.6) is 5.75 Å². The van der Waals surface area contributed by atoms with Crippen LogP contribution in [-0.2, 0) is 6.61 Å². The molecule has 30 heavy (non-hydrogen) atoms. The van der Waals surface area contributed by atoms with Crippen LogP contribution >= 0.6 is 0 Å². The van der Waals surface area contributed by atoms with Gasteiger partial charge in [0.05, 0.1) is 6.21 Å². The van der Waals surface area contributed by atoms with Crippen LogP contribution in [-0.4, -0.2) is 31.7 Å². The van der Waals surface area contributed by atoms with Gasteiger partial charge in [-0.15, -0.1) is 5.10 Å². The zero-order valence-corrected chi connectivity index (χ0v) is 16.6. The largest absolute Gasteiger partial charge is 0.488 e. The first-order chi connectivity index (χ1) is 14.6. The summed E-state index contributed by atoms with van der Waals surface area (Å²) >= 11 is 0. The first kappa shape index (κ1) is 19.3. The number of aromatic nitrogens is 4. The Balaban J connectivity index is 1.44. The van der Waals surface area contributed by atoms with Gasteiger partial charge in [-0.3, -0.25) is 4.79 Å². The van der Waals surface area contributed by atoms with Crippen molar-refractivity contribution in [2.45, 2.75) is 20.5 Å². The first-order valence-electron chi connectivity index (χ1n) is 9.40. The Kier molecular flexibility index (Phi) is 5.47. The molecule has 0 radical (unpaired) electrons. The highest BCUT2D eigenvalue weighted by molar-refractivity contribution is 5.92. The van der Waals surface area contributed by atoms with E-state index in [0.717, 1.165) is 22.5 Å². The molecule has 4 aromatic rings. The number of nitrogens with zero attached hydrogens (tertiary/aromatic N) is 5. The fourth-order valence-corrected chi connectivity index (χ4v) is 2.93. The van der Waals surface area contributed by atoms with Crippen molar-refractivity contribution in [3.05, 3.63) is 89.0 Å². The molecule has 1 N–H and O–H groups in total. The lowest BCUT2D eigenvalue weighted by Crippen LogP contribution is -2.19. The molecule has 8 nitrogen and oxygen atoms in total. The highest BCUT2D eigenvalue weighted by atomic mass is 16.5. The summed E-state index contributed by atoms with van der Waals surface area (Å²) in [5, 5.41) is 8.22. The molecule has 150 valence electrons. The number of fused-ring (bicyclic) bond motifs is 1. The maximum absolute atomic E-state index is 12.4. The second kappa shape index (κ2) is 8.52. The van der Waals surface area contributed by atoms with Crippen LogP contribution in [0.25, 0.3) is 5.78 Å². The van der Waals surface area contributed by atoms with E-state index < -0.39 is 5.91 Å². The molecule has 0 spiro atoms. The third kappa shape index (κ3) is 4.33. The Labute approximate surface area is 173 Å². The molecule has 0 fully saturated rings. The molecule has 0 saturated carbocycles. The van der Waals surface area contributed by atoms with Gasteiger partial charge in [-0.2, -0.15) is 10.1 Å². The zero-order valence-electron chi connectivity index (χ0n) is 16.6. The predicted octanol–water partition coefficient (Wildman–Crippen LogP) is 3.08. The zero-order chi connectivity index (χ0) is 20.9.